The van der Waals surface area contributed by atoms with E-state index >= 15 is 0 Å². The number of fused-ring (bicyclic) bond motifs is 1. The molecule has 23 heavy (non-hydrogen) atoms. The van der Waals surface area contributed by atoms with Crippen molar-refractivity contribution < 1.29 is 14.3 Å². The van der Waals surface area contributed by atoms with Crippen LogP contribution in [0.3, 0.4) is 0 Å². The number of amides is 1. The third-order valence-corrected chi connectivity index (χ3v) is 4.82. The van der Waals surface area contributed by atoms with Gasteiger partial charge in [0.2, 0.25) is 0 Å². The molecule has 0 saturated heterocycles. The maximum Gasteiger partial charge on any atom is 0.253 e. The number of hydrogen-bond acceptors (Lipinski definition) is 4. The summed E-state index contributed by atoms with van der Waals surface area (Å²) in [5, 5.41) is 4.78. The summed E-state index contributed by atoms with van der Waals surface area (Å²) in [6.45, 7) is 2.38. The van der Waals surface area contributed by atoms with E-state index in [2.05, 4.69) is 5.32 Å². The van der Waals surface area contributed by atoms with E-state index in [9.17, 15) is 9.59 Å². The second-order valence-corrected chi connectivity index (χ2v) is 6.66. The van der Waals surface area contributed by atoms with Gasteiger partial charge in [-0.3, -0.25) is 9.59 Å². The summed E-state index contributed by atoms with van der Waals surface area (Å²) >= 11 is 1.42. The second-order valence-electron chi connectivity index (χ2n) is 5.71. The maximum absolute atomic E-state index is 12.5. The number of benzene rings is 1. The lowest BCUT2D eigenvalue weighted by atomic mass is 9.97. The molecule has 1 aliphatic heterocycles. The van der Waals surface area contributed by atoms with Crippen LogP contribution in [0.4, 0.5) is 0 Å². The molecule has 0 aliphatic carbocycles. The third-order valence-electron chi connectivity index (χ3n) is 3.91. The van der Waals surface area contributed by atoms with E-state index < -0.39 is 6.10 Å². The molecule has 3 rings (SSSR count). The Morgan fingerprint density at radius 2 is 2.13 bits per heavy atom. The normalized spacial score (nSPS) is 18.0. The molecule has 0 saturated carbocycles. The lowest BCUT2D eigenvalue weighted by Gasteiger charge is -2.26. The molecule has 5 heteroatoms. The van der Waals surface area contributed by atoms with Crippen LogP contribution in [0.25, 0.3) is 0 Å². The molecule has 1 N–H and O–H groups in total. The van der Waals surface area contributed by atoms with E-state index in [4.69, 9.17) is 4.74 Å². The molecule has 0 bridgehead atoms. The van der Waals surface area contributed by atoms with Crippen molar-refractivity contribution in [3.8, 4) is 0 Å². The highest BCUT2D eigenvalue weighted by Crippen LogP contribution is 2.27. The van der Waals surface area contributed by atoms with E-state index in [-0.39, 0.29) is 17.7 Å². The highest BCUT2D eigenvalue weighted by atomic mass is 32.1. The Morgan fingerprint density at radius 3 is 2.91 bits per heavy atom. The Bertz CT molecular complexity index is 696. The molecular formula is C18H19NO3S. The fourth-order valence-electron chi connectivity index (χ4n) is 2.80. The lowest BCUT2D eigenvalue weighted by Crippen LogP contribution is -2.39. The maximum atomic E-state index is 12.5. The minimum absolute atomic E-state index is 0.0535. The van der Waals surface area contributed by atoms with Crippen LogP contribution in [0.15, 0.2) is 41.8 Å². The largest absolute Gasteiger partial charge is 0.363 e. The minimum atomic E-state index is -0.584. The molecule has 0 radical (unpaired) electrons. The molecule has 0 unspecified atom stereocenters. The first-order chi connectivity index (χ1) is 11.1. The Labute approximate surface area is 139 Å². The van der Waals surface area contributed by atoms with Crippen LogP contribution in [0, 0.1) is 0 Å². The fourth-order valence-corrected chi connectivity index (χ4v) is 3.47. The van der Waals surface area contributed by atoms with Crippen molar-refractivity contribution in [2.45, 2.75) is 31.9 Å². The van der Waals surface area contributed by atoms with Gasteiger partial charge in [0.25, 0.3) is 5.91 Å². The molecule has 0 spiro atoms. The smallest absolute Gasteiger partial charge is 0.253 e. The Kier molecular flexibility index (Phi) is 4.88. The molecule has 2 aromatic rings. The highest BCUT2D eigenvalue weighted by molar-refractivity contribution is 7.12. The summed E-state index contributed by atoms with van der Waals surface area (Å²) in [6, 6.07) is 11.3. The van der Waals surface area contributed by atoms with Crippen molar-refractivity contribution in [2.75, 3.05) is 6.61 Å². The Morgan fingerprint density at radius 1 is 1.30 bits per heavy atom. The van der Waals surface area contributed by atoms with Gasteiger partial charge in [0.15, 0.2) is 11.9 Å². The summed E-state index contributed by atoms with van der Waals surface area (Å²) in [5.74, 6) is -0.124. The molecule has 1 aliphatic rings. The van der Waals surface area contributed by atoms with Crippen LogP contribution in [0.1, 0.15) is 40.2 Å². The van der Waals surface area contributed by atoms with Crippen molar-refractivity contribution in [2.24, 2.45) is 0 Å². The number of Topliss-reactive ketones (excluding diaryl/α,β-unsaturated/α-hetero) is 1. The number of thiophene rings is 1. The van der Waals surface area contributed by atoms with E-state index in [1.165, 1.54) is 11.3 Å². The summed E-state index contributed by atoms with van der Waals surface area (Å²) < 4.78 is 5.65. The first kappa shape index (κ1) is 15.9. The molecule has 0 fully saturated rings. The van der Waals surface area contributed by atoms with E-state index in [1.807, 2.05) is 48.7 Å². The zero-order valence-electron chi connectivity index (χ0n) is 13.0. The molecule has 120 valence electrons. The molecule has 1 amide bonds. The minimum Gasteiger partial charge on any atom is -0.363 e. The topological polar surface area (TPSA) is 55.4 Å². The van der Waals surface area contributed by atoms with Gasteiger partial charge < -0.3 is 10.1 Å². The summed E-state index contributed by atoms with van der Waals surface area (Å²) in [7, 11) is 0. The van der Waals surface area contributed by atoms with Gasteiger partial charge >= 0.3 is 0 Å². The zero-order chi connectivity index (χ0) is 16.2. The van der Waals surface area contributed by atoms with E-state index in [0.717, 1.165) is 22.4 Å². The number of ether oxygens (including phenoxy) is 1. The third kappa shape index (κ3) is 3.68. The number of ketones is 1. The standard InChI is InChI=1S/C18H19NO3S/c1-12(11-15(20)16-7-4-10-23-16)19-18(21)17-14-6-3-2-5-13(14)8-9-22-17/h2-7,10,12,17H,8-9,11H2,1H3,(H,19,21)/t12-,17+/m1/s1. The number of nitrogens with one attached hydrogen (secondary N) is 1. The first-order valence-corrected chi connectivity index (χ1v) is 8.59. The average molecular weight is 329 g/mol. The van der Waals surface area contributed by atoms with Crippen molar-refractivity contribution in [3.05, 3.63) is 57.8 Å². The SMILES string of the molecule is C[C@H](CC(=O)c1cccs1)NC(=O)[C@H]1OCCc2ccccc21. The van der Waals surface area contributed by atoms with Crippen molar-refractivity contribution in [3.63, 3.8) is 0 Å². The molecular weight excluding hydrogens is 310 g/mol. The van der Waals surface area contributed by atoms with Crippen LogP contribution < -0.4 is 5.32 Å². The van der Waals surface area contributed by atoms with Gasteiger partial charge in [0.05, 0.1) is 11.5 Å². The van der Waals surface area contributed by atoms with Gasteiger partial charge in [0, 0.05) is 12.5 Å². The molecule has 1 aromatic heterocycles. The predicted octanol–water partition coefficient (Wildman–Crippen LogP) is 3.14. The second kappa shape index (κ2) is 7.06. The van der Waals surface area contributed by atoms with Crippen molar-refractivity contribution >= 4 is 23.0 Å². The monoisotopic (exact) mass is 329 g/mol. The number of carbonyl (C=O) groups excluding carboxylic acids is 2. The number of carbonyl (C=O) groups is 2. The number of rotatable bonds is 5. The first-order valence-electron chi connectivity index (χ1n) is 7.71. The highest BCUT2D eigenvalue weighted by Gasteiger charge is 2.28. The number of hydrogen-bond donors (Lipinski definition) is 1. The summed E-state index contributed by atoms with van der Waals surface area (Å²) in [6.07, 6.45) is 0.534. The Balaban J connectivity index is 1.62. The quantitative estimate of drug-likeness (QED) is 0.858. The van der Waals surface area contributed by atoms with Crippen molar-refractivity contribution in [1.29, 1.82) is 0 Å². The van der Waals surface area contributed by atoms with Crippen LogP contribution >= 0.6 is 11.3 Å². The van der Waals surface area contributed by atoms with Crippen LogP contribution in [0.5, 0.6) is 0 Å². The van der Waals surface area contributed by atoms with E-state index in [1.54, 1.807) is 0 Å². The summed E-state index contributed by atoms with van der Waals surface area (Å²) in [5.41, 5.74) is 2.08. The fraction of sp³-hybridized carbons (Fsp3) is 0.333. The van der Waals surface area contributed by atoms with E-state index in [0.29, 0.717) is 13.0 Å². The van der Waals surface area contributed by atoms with Crippen molar-refractivity contribution in [1.82, 2.24) is 5.32 Å². The van der Waals surface area contributed by atoms with Crippen LogP contribution in [-0.2, 0) is 16.0 Å². The van der Waals surface area contributed by atoms with Gasteiger partial charge in [-0.25, -0.2) is 0 Å². The molecule has 4 nitrogen and oxygen atoms in total. The van der Waals surface area contributed by atoms with Gasteiger partial charge in [0.1, 0.15) is 0 Å². The van der Waals surface area contributed by atoms with Gasteiger partial charge in [-0.05, 0) is 35.9 Å². The van der Waals surface area contributed by atoms with Gasteiger partial charge in [-0.2, -0.15) is 0 Å². The lowest BCUT2D eigenvalue weighted by molar-refractivity contribution is -0.134. The van der Waals surface area contributed by atoms with Gasteiger partial charge in [-0.15, -0.1) is 11.3 Å². The molecule has 2 atom stereocenters. The van der Waals surface area contributed by atoms with Gasteiger partial charge in [-0.1, -0.05) is 30.3 Å². The molecule has 2 heterocycles. The Hall–Kier alpha value is -1.98. The molecule has 1 aromatic carbocycles. The average Bonchev–Trinajstić information content (AvgIpc) is 3.08. The van der Waals surface area contributed by atoms with Crippen LogP contribution in [0.2, 0.25) is 0 Å². The summed E-state index contributed by atoms with van der Waals surface area (Å²) in [4.78, 5) is 25.3. The zero-order valence-corrected chi connectivity index (χ0v) is 13.8. The van der Waals surface area contributed by atoms with Crippen LogP contribution in [-0.4, -0.2) is 24.3 Å². The predicted molar refractivity (Wildman–Crippen MR) is 89.7 cm³/mol.